The zero-order chi connectivity index (χ0) is 19.4. The van der Waals surface area contributed by atoms with E-state index >= 15 is 0 Å². The molecule has 0 radical (unpaired) electrons. The second kappa shape index (κ2) is 8.10. The van der Waals surface area contributed by atoms with E-state index in [0.717, 1.165) is 22.6 Å². The quantitative estimate of drug-likeness (QED) is 0.521. The first-order chi connectivity index (χ1) is 13.0. The van der Waals surface area contributed by atoms with Gasteiger partial charge in [-0.3, -0.25) is 4.79 Å². The first kappa shape index (κ1) is 18.7. The molecule has 5 nitrogen and oxygen atoms in total. The van der Waals surface area contributed by atoms with Crippen molar-refractivity contribution in [3.63, 3.8) is 0 Å². The van der Waals surface area contributed by atoms with Crippen molar-refractivity contribution < 1.29 is 9.53 Å². The standard InChI is InChI=1S/C21H20ClN3O2/c1-14-11-17(15(2)25(14)19-6-4-5-18(22)12-19)13-23-24-21(26)16-7-9-20(27-3)10-8-16/h4-13H,1-3H3,(H,24,26)/b23-13-. The van der Waals surface area contributed by atoms with Crippen LogP contribution >= 0.6 is 11.6 Å². The Morgan fingerprint density at radius 2 is 1.89 bits per heavy atom. The van der Waals surface area contributed by atoms with E-state index in [-0.39, 0.29) is 5.91 Å². The highest BCUT2D eigenvalue weighted by Gasteiger charge is 2.10. The molecular weight excluding hydrogens is 362 g/mol. The maximum atomic E-state index is 12.2. The number of aryl methyl sites for hydroxylation is 1. The van der Waals surface area contributed by atoms with Gasteiger partial charge in [-0.05, 0) is 62.4 Å². The van der Waals surface area contributed by atoms with Gasteiger partial charge in [0.05, 0.1) is 13.3 Å². The Balaban J connectivity index is 1.75. The third-order valence-electron chi connectivity index (χ3n) is 4.26. The Labute approximate surface area is 163 Å². The van der Waals surface area contributed by atoms with Crippen LogP contribution in [0.2, 0.25) is 5.02 Å². The van der Waals surface area contributed by atoms with E-state index in [4.69, 9.17) is 16.3 Å². The van der Waals surface area contributed by atoms with E-state index in [0.29, 0.717) is 16.3 Å². The lowest BCUT2D eigenvalue weighted by Gasteiger charge is -2.09. The van der Waals surface area contributed by atoms with Crippen molar-refractivity contribution in [2.45, 2.75) is 13.8 Å². The summed E-state index contributed by atoms with van der Waals surface area (Å²) in [4.78, 5) is 12.2. The fraction of sp³-hybridized carbons (Fsp3) is 0.143. The van der Waals surface area contributed by atoms with Gasteiger partial charge in [-0.1, -0.05) is 17.7 Å². The number of nitrogens with zero attached hydrogens (tertiary/aromatic N) is 2. The van der Waals surface area contributed by atoms with E-state index in [1.165, 1.54) is 0 Å². The van der Waals surface area contributed by atoms with Crippen LogP contribution in [0, 0.1) is 13.8 Å². The minimum absolute atomic E-state index is 0.280. The lowest BCUT2D eigenvalue weighted by Crippen LogP contribution is -2.17. The minimum atomic E-state index is -0.280. The van der Waals surface area contributed by atoms with Crippen LogP contribution < -0.4 is 10.2 Å². The van der Waals surface area contributed by atoms with Gasteiger partial charge in [0.2, 0.25) is 0 Å². The highest BCUT2D eigenvalue weighted by atomic mass is 35.5. The lowest BCUT2D eigenvalue weighted by molar-refractivity contribution is 0.0955. The van der Waals surface area contributed by atoms with Crippen LogP contribution in [0.3, 0.4) is 0 Å². The zero-order valence-corrected chi connectivity index (χ0v) is 16.1. The third kappa shape index (κ3) is 4.20. The Bertz CT molecular complexity index is 991. The van der Waals surface area contributed by atoms with E-state index < -0.39 is 0 Å². The van der Waals surface area contributed by atoms with E-state index in [2.05, 4.69) is 15.1 Å². The molecule has 3 aromatic rings. The number of benzene rings is 2. The number of hydrogen-bond donors (Lipinski definition) is 1. The molecule has 0 spiro atoms. The van der Waals surface area contributed by atoms with Gasteiger partial charge >= 0.3 is 0 Å². The van der Waals surface area contributed by atoms with Crippen molar-refractivity contribution >= 4 is 23.7 Å². The molecule has 138 valence electrons. The topological polar surface area (TPSA) is 55.6 Å². The van der Waals surface area contributed by atoms with Crippen LogP contribution in [0.25, 0.3) is 5.69 Å². The molecular formula is C21H20ClN3O2. The number of halogens is 1. The Hall–Kier alpha value is -3.05. The van der Waals surface area contributed by atoms with Crippen LogP contribution in [0.4, 0.5) is 0 Å². The first-order valence-corrected chi connectivity index (χ1v) is 8.79. The van der Waals surface area contributed by atoms with Crippen LogP contribution in [0.5, 0.6) is 5.75 Å². The van der Waals surface area contributed by atoms with Crippen molar-refractivity contribution in [3.05, 3.63) is 82.1 Å². The summed E-state index contributed by atoms with van der Waals surface area (Å²) in [6.07, 6.45) is 1.64. The highest BCUT2D eigenvalue weighted by Crippen LogP contribution is 2.22. The normalized spacial score (nSPS) is 11.0. The number of ether oxygens (including phenoxy) is 1. The number of amides is 1. The molecule has 0 saturated carbocycles. The van der Waals surface area contributed by atoms with Gasteiger partial charge in [-0.25, -0.2) is 5.43 Å². The smallest absolute Gasteiger partial charge is 0.271 e. The first-order valence-electron chi connectivity index (χ1n) is 8.42. The average molecular weight is 382 g/mol. The second-order valence-electron chi connectivity index (χ2n) is 6.07. The van der Waals surface area contributed by atoms with Crippen LogP contribution in [0.1, 0.15) is 27.3 Å². The van der Waals surface area contributed by atoms with Crippen molar-refractivity contribution in [2.75, 3.05) is 7.11 Å². The molecule has 1 heterocycles. The monoisotopic (exact) mass is 381 g/mol. The van der Waals surface area contributed by atoms with Crippen LogP contribution in [-0.4, -0.2) is 23.8 Å². The molecule has 0 bridgehead atoms. The summed E-state index contributed by atoms with van der Waals surface area (Å²) < 4.78 is 7.18. The number of nitrogens with one attached hydrogen (secondary N) is 1. The molecule has 1 N–H and O–H groups in total. The molecule has 0 fully saturated rings. The predicted molar refractivity (Wildman–Crippen MR) is 108 cm³/mol. The van der Waals surface area contributed by atoms with Crippen molar-refractivity contribution in [1.82, 2.24) is 9.99 Å². The predicted octanol–water partition coefficient (Wildman–Crippen LogP) is 4.52. The fourth-order valence-corrected chi connectivity index (χ4v) is 3.08. The third-order valence-corrected chi connectivity index (χ3v) is 4.49. The van der Waals surface area contributed by atoms with E-state index in [1.807, 2.05) is 44.2 Å². The van der Waals surface area contributed by atoms with Crippen molar-refractivity contribution in [3.8, 4) is 11.4 Å². The Morgan fingerprint density at radius 1 is 1.15 bits per heavy atom. The number of carbonyl (C=O) groups is 1. The molecule has 3 rings (SSSR count). The molecule has 1 aromatic heterocycles. The lowest BCUT2D eigenvalue weighted by atomic mass is 10.2. The van der Waals surface area contributed by atoms with Gasteiger partial charge in [0.15, 0.2) is 0 Å². The maximum Gasteiger partial charge on any atom is 0.271 e. The second-order valence-corrected chi connectivity index (χ2v) is 6.51. The van der Waals surface area contributed by atoms with Gasteiger partial charge in [0, 0.05) is 33.2 Å². The maximum absolute atomic E-state index is 12.2. The fourth-order valence-electron chi connectivity index (χ4n) is 2.90. The molecule has 0 saturated heterocycles. The summed E-state index contributed by atoms with van der Waals surface area (Å²) in [7, 11) is 1.58. The molecule has 2 aromatic carbocycles. The highest BCUT2D eigenvalue weighted by molar-refractivity contribution is 6.30. The van der Waals surface area contributed by atoms with Gasteiger partial charge in [0.25, 0.3) is 5.91 Å². The molecule has 1 amide bonds. The number of aromatic nitrogens is 1. The van der Waals surface area contributed by atoms with E-state index in [9.17, 15) is 4.79 Å². The minimum Gasteiger partial charge on any atom is -0.497 e. The number of methoxy groups -OCH3 is 1. The summed E-state index contributed by atoms with van der Waals surface area (Å²) >= 11 is 6.11. The molecule has 0 aliphatic rings. The summed E-state index contributed by atoms with van der Waals surface area (Å²) in [5, 5.41) is 4.77. The zero-order valence-electron chi connectivity index (χ0n) is 15.4. The van der Waals surface area contributed by atoms with Crippen LogP contribution in [0.15, 0.2) is 59.7 Å². The van der Waals surface area contributed by atoms with Crippen molar-refractivity contribution in [1.29, 1.82) is 0 Å². The number of hydrazone groups is 1. The van der Waals surface area contributed by atoms with Gasteiger partial charge in [-0.15, -0.1) is 0 Å². The molecule has 0 aliphatic heterocycles. The molecule has 0 aliphatic carbocycles. The SMILES string of the molecule is COc1ccc(C(=O)N/N=C\c2cc(C)n(-c3cccc(Cl)c3)c2C)cc1. The van der Waals surface area contributed by atoms with Crippen LogP contribution in [-0.2, 0) is 0 Å². The summed E-state index contributed by atoms with van der Waals surface area (Å²) in [5.41, 5.74) is 7.03. The average Bonchev–Trinajstić information content (AvgIpc) is 2.95. The molecule has 0 unspecified atom stereocenters. The number of rotatable bonds is 5. The van der Waals surface area contributed by atoms with Gasteiger partial charge < -0.3 is 9.30 Å². The van der Waals surface area contributed by atoms with E-state index in [1.54, 1.807) is 37.6 Å². The molecule has 0 atom stereocenters. The Morgan fingerprint density at radius 3 is 2.56 bits per heavy atom. The largest absolute Gasteiger partial charge is 0.497 e. The Kier molecular flexibility index (Phi) is 5.62. The van der Waals surface area contributed by atoms with Gasteiger partial charge in [-0.2, -0.15) is 5.10 Å². The van der Waals surface area contributed by atoms with Gasteiger partial charge in [0.1, 0.15) is 5.75 Å². The summed E-state index contributed by atoms with van der Waals surface area (Å²) in [6.45, 7) is 4.02. The molecule has 6 heteroatoms. The number of hydrogen-bond acceptors (Lipinski definition) is 3. The number of carbonyl (C=O) groups excluding carboxylic acids is 1. The molecule has 27 heavy (non-hydrogen) atoms. The summed E-state index contributed by atoms with van der Waals surface area (Å²) in [6, 6.07) is 16.5. The van der Waals surface area contributed by atoms with Crippen molar-refractivity contribution in [2.24, 2.45) is 5.10 Å². The summed E-state index contributed by atoms with van der Waals surface area (Å²) in [5.74, 6) is 0.418.